The van der Waals surface area contributed by atoms with Crippen LogP contribution in [0.2, 0.25) is 0 Å². The molecule has 2 amide bonds. The van der Waals surface area contributed by atoms with E-state index in [1.54, 1.807) is 4.90 Å². The molecular weight excluding hydrogens is 248 g/mol. The van der Waals surface area contributed by atoms with E-state index in [0.717, 1.165) is 12.8 Å². The van der Waals surface area contributed by atoms with Gasteiger partial charge in [0, 0.05) is 25.7 Å². The lowest BCUT2D eigenvalue weighted by Crippen LogP contribution is -2.47. The third kappa shape index (κ3) is 5.92. The normalized spacial score (nSPS) is 15.9. The summed E-state index contributed by atoms with van der Waals surface area (Å²) in [5, 5.41) is 11.7. The summed E-state index contributed by atoms with van der Waals surface area (Å²) in [4.78, 5) is 24.5. The lowest BCUT2D eigenvalue weighted by Gasteiger charge is -2.25. The molecule has 0 aliphatic heterocycles. The molecule has 0 radical (unpaired) electrons. The molecule has 1 rings (SSSR count). The van der Waals surface area contributed by atoms with Gasteiger partial charge >= 0.3 is 12.0 Å². The highest BCUT2D eigenvalue weighted by Crippen LogP contribution is 2.34. The van der Waals surface area contributed by atoms with E-state index < -0.39 is 5.97 Å². The van der Waals surface area contributed by atoms with Crippen molar-refractivity contribution in [1.82, 2.24) is 10.2 Å². The van der Waals surface area contributed by atoms with Gasteiger partial charge in [0.25, 0.3) is 0 Å². The zero-order valence-corrected chi connectivity index (χ0v) is 11.7. The van der Waals surface area contributed by atoms with E-state index >= 15 is 0 Å². The number of carbonyl (C=O) groups excluding carboxylic acids is 1. The first-order valence-electron chi connectivity index (χ1n) is 6.93. The highest BCUT2D eigenvalue weighted by atomic mass is 16.5. The molecular formula is C13H24N2O4. The summed E-state index contributed by atoms with van der Waals surface area (Å²) in [6.07, 6.45) is 2.01. The van der Waals surface area contributed by atoms with Crippen LogP contribution < -0.4 is 5.32 Å². The van der Waals surface area contributed by atoms with Gasteiger partial charge in [0.2, 0.25) is 0 Å². The largest absolute Gasteiger partial charge is 0.481 e. The third-order valence-electron chi connectivity index (χ3n) is 3.27. The molecule has 6 nitrogen and oxygen atoms in total. The number of hydrogen-bond donors (Lipinski definition) is 2. The van der Waals surface area contributed by atoms with Crippen LogP contribution in [0.4, 0.5) is 4.79 Å². The van der Waals surface area contributed by atoms with Crippen molar-refractivity contribution in [1.29, 1.82) is 0 Å². The molecule has 1 fully saturated rings. The molecule has 110 valence electrons. The summed E-state index contributed by atoms with van der Waals surface area (Å²) in [6, 6.07) is -0.438. The molecule has 0 bridgehead atoms. The Morgan fingerprint density at radius 1 is 1.42 bits per heavy atom. The van der Waals surface area contributed by atoms with Crippen LogP contribution in [0.25, 0.3) is 0 Å². The zero-order valence-electron chi connectivity index (χ0n) is 11.7. The maximum absolute atomic E-state index is 12.1. The number of urea groups is 1. The third-order valence-corrected chi connectivity index (χ3v) is 3.27. The van der Waals surface area contributed by atoms with Crippen molar-refractivity contribution in [3.8, 4) is 0 Å². The second-order valence-electron chi connectivity index (χ2n) is 4.77. The van der Waals surface area contributed by atoms with E-state index in [1.165, 1.54) is 0 Å². The van der Waals surface area contributed by atoms with Gasteiger partial charge in [-0.25, -0.2) is 4.79 Å². The number of nitrogens with one attached hydrogen (secondary N) is 1. The molecule has 2 N–H and O–H groups in total. The monoisotopic (exact) mass is 272 g/mol. The van der Waals surface area contributed by atoms with Crippen LogP contribution in [-0.2, 0) is 9.53 Å². The summed E-state index contributed by atoms with van der Waals surface area (Å²) in [5.74, 6) is -0.541. The number of carboxylic acids is 1. The molecule has 1 aliphatic rings. The van der Waals surface area contributed by atoms with Gasteiger partial charge in [0.05, 0.1) is 13.0 Å². The van der Waals surface area contributed by atoms with Crippen molar-refractivity contribution in [2.45, 2.75) is 39.2 Å². The molecule has 1 unspecified atom stereocenters. The Labute approximate surface area is 114 Å². The molecule has 0 aromatic heterocycles. The SMILES string of the molecule is CCOCCN(CC)C(=O)NC(CC(=O)O)C1CC1. The minimum atomic E-state index is -0.866. The van der Waals surface area contributed by atoms with Gasteiger partial charge in [-0.05, 0) is 32.6 Å². The van der Waals surface area contributed by atoms with Crippen LogP contribution in [0.5, 0.6) is 0 Å². The number of hydrogen-bond acceptors (Lipinski definition) is 3. The number of ether oxygens (including phenoxy) is 1. The molecule has 0 saturated heterocycles. The van der Waals surface area contributed by atoms with Crippen molar-refractivity contribution >= 4 is 12.0 Å². The minimum absolute atomic E-state index is 0.000574. The average Bonchev–Trinajstić information content (AvgIpc) is 3.17. The Balaban J connectivity index is 2.41. The fourth-order valence-corrected chi connectivity index (χ4v) is 1.99. The van der Waals surface area contributed by atoms with E-state index in [0.29, 0.717) is 32.2 Å². The summed E-state index contributed by atoms with van der Waals surface area (Å²) >= 11 is 0. The quantitative estimate of drug-likeness (QED) is 0.620. The average molecular weight is 272 g/mol. The van der Waals surface area contributed by atoms with Crippen LogP contribution in [0, 0.1) is 5.92 Å². The highest BCUT2D eigenvalue weighted by Gasteiger charge is 2.34. The predicted octanol–water partition coefficient (Wildman–Crippen LogP) is 1.31. The molecule has 6 heteroatoms. The van der Waals surface area contributed by atoms with Crippen LogP contribution in [0.15, 0.2) is 0 Å². The molecule has 1 atom stereocenters. The number of aliphatic carboxylic acids is 1. The van der Waals surface area contributed by atoms with Gasteiger partial charge in [-0.1, -0.05) is 0 Å². The van der Waals surface area contributed by atoms with Crippen molar-refractivity contribution in [3.05, 3.63) is 0 Å². The summed E-state index contributed by atoms with van der Waals surface area (Å²) in [5.41, 5.74) is 0. The molecule has 19 heavy (non-hydrogen) atoms. The van der Waals surface area contributed by atoms with Crippen LogP contribution in [0.3, 0.4) is 0 Å². The van der Waals surface area contributed by atoms with E-state index in [2.05, 4.69) is 5.32 Å². The molecule has 0 heterocycles. The lowest BCUT2D eigenvalue weighted by atomic mass is 10.1. The number of nitrogens with zero attached hydrogens (tertiary/aromatic N) is 1. The van der Waals surface area contributed by atoms with Gasteiger partial charge in [-0.2, -0.15) is 0 Å². The van der Waals surface area contributed by atoms with Crippen molar-refractivity contribution in [2.75, 3.05) is 26.3 Å². The molecule has 0 aromatic carbocycles. The fourth-order valence-electron chi connectivity index (χ4n) is 1.99. The second-order valence-corrected chi connectivity index (χ2v) is 4.77. The Morgan fingerprint density at radius 3 is 2.58 bits per heavy atom. The van der Waals surface area contributed by atoms with E-state index in [9.17, 15) is 9.59 Å². The van der Waals surface area contributed by atoms with Gasteiger partial charge < -0.3 is 20.1 Å². The van der Waals surface area contributed by atoms with Crippen molar-refractivity contribution in [2.24, 2.45) is 5.92 Å². The smallest absolute Gasteiger partial charge is 0.317 e. The van der Waals surface area contributed by atoms with Gasteiger partial charge in [0.15, 0.2) is 0 Å². The van der Waals surface area contributed by atoms with Crippen molar-refractivity contribution in [3.63, 3.8) is 0 Å². The van der Waals surface area contributed by atoms with Crippen LogP contribution >= 0.6 is 0 Å². The number of carbonyl (C=O) groups is 2. The van der Waals surface area contributed by atoms with Gasteiger partial charge in [-0.3, -0.25) is 4.79 Å². The maximum atomic E-state index is 12.1. The predicted molar refractivity (Wildman–Crippen MR) is 71.0 cm³/mol. The van der Waals surface area contributed by atoms with E-state index in [4.69, 9.17) is 9.84 Å². The standard InChI is InChI=1S/C13H24N2O4/c1-3-15(7-8-19-4-2)13(18)14-11(9-12(16)17)10-5-6-10/h10-11H,3-9H2,1-2H3,(H,14,18)(H,16,17). The number of rotatable bonds is 9. The first kappa shape index (κ1) is 15.8. The molecule has 1 saturated carbocycles. The van der Waals surface area contributed by atoms with E-state index in [1.807, 2.05) is 13.8 Å². The minimum Gasteiger partial charge on any atom is -0.481 e. The van der Waals surface area contributed by atoms with E-state index in [-0.39, 0.29) is 18.5 Å². The fraction of sp³-hybridized carbons (Fsp3) is 0.846. The first-order chi connectivity index (χ1) is 9.08. The Morgan fingerprint density at radius 2 is 2.11 bits per heavy atom. The molecule has 0 aromatic rings. The zero-order chi connectivity index (χ0) is 14.3. The highest BCUT2D eigenvalue weighted by molar-refractivity contribution is 5.76. The molecule has 0 spiro atoms. The lowest BCUT2D eigenvalue weighted by molar-refractivity contribution is -0.137. The van der Waals surface area contributed by atoms with Gasteiger partial charge in [-0.15, -0.1) is 0 Å². The Kier molecular flexibility index (Phi) is 6.62. The topological polar surface area (TPSA) is 78.9 Å². The number of amides is 2. The van der Waals surface area contributed by atoms with Crippen LogP contribution in [-0.4, -0.2) is 54.4 Å². The van der Waals surface area contributed by atoms with Crippen LogP contribution in [0.1, 0.15) is 33.1 Å². The van der Waals surface area contributed by atoms with Gasteiger partial charge in [0.1, 0.15) is 0 Å². The first-order valence-corrected chi connectivity index (χ1v) is 6.93. The number of carboxylic acid groups (broad SMARTS) is 1. The Hall–Kier alpha value is -1.30. The second kappa shape index (κ2) is 7.99. The van der Waals surface area contributed by atoms with Crippen molar-refractivity contribution < 1.29 is 19.4 Å². The molecule has 1 aliphatic carbocycles. The Bertz CT molecular complexity index is 305. The summed E-state index contributed by atoms with van der Waals surface area (Å²) in [6.45, 7) is 6.05. The number of likely N-dealkylation sites (N-methyl/N-ethyl adjacent to an activating group) is 1. The summed E-state index contributed by atoms with van der Waals surface area (Å²) in [7, 11) is 0. The summed E-state index contributed by atoms with van der Waals surface area (Å²) < 4.78 is 5.23. The maximum Gasteiger partial charge on any atom is 0.317 e.